The Hall–Kier alpha value is -2.01. The van der Waals surface area contributed by atoms with Gasteiger partial charge in [-0.2, -0.15) is 0 Å². The van der Waals surface area contributed by atoms with E-state index in [1.54, 1.807) is 19.2 Å². The van der Waals surface area contributed by atoms with Gasteiger partial charge in [-0.1, -0.05) is 5.92 Å². The smallest absolute Gasteiger partial charge is 0.119 e. The number of aromatic nitrogens is 1. The average Bonchev–Trinajstić information content (AvgIpc) is 2.26. The summed E-state index contributed by atoms with van der Waals surface area (Å²) >= 11 is 0. The van der Waals surface area contributed by atoms with Crippen LogP contribution in [0, 0.1) is 25.7 Å². The van der Waals surface area contributed by atoms with Gasteiger partial charge in [-0.15, -0.1) is 5.92 Å². The molecule has 1 aromatic carbocycles. The molecule has 1 aromatic heterocycles. The number of phenolic OH excluding ortho intramolecular Hbond substituents is 1. The van der Waals surface area contributed by atoms with E-state index >= 15 is 0 Å². The predicted molar refractivity (Wildman–Crippen MR) is 65.4 cm³/mol. The number of fused-ring (bicyclic) bond motifs is 1. The highest BCUT2D eigenvalue weighted by Crippen LogP contribution is 2.27. The van der Waals surface area contributed by atoms with Crippen molar-refractivity contribution in [2.75, 3.05) is 0 Å². The van der Waals surface area contributed by atoms with Crippen LogP contribution in [0.5, 0.6) is 5.75 Å². The van der Waals surface area contributed by atoms with Crippen molar-refractivity contribution in [2.45, 2.75) is 20.8 Å². The van der Waals surface area contributed by atoms with Gasteiger partial charge in [-0.05, 0) is 44.0 Å². The molecular formula is C14H13NO. The number of phenols is 1. The fraction of sp³-hybridized carbons (Fsp3) is 0.214. The summed E-state index contributed by atoms with van der Waals surface area (Å²) in [5.41, 5.74) is 3.70. The summed E-state index contributed by atoms with van der Waals surface area (Å²) in [5.74, 6) is 6.11. The van der Waals surface area contributed by atoms with E-state index in [0.717, 1.165) is 27.6 Å². The molecule has 2 rings (SSSR count). The van der Waals surface area contributed by atoms with Gasteiger partial charge in [0.2, 0.25) is 0 Å². The SMILES string of the molecule is CC#Cc1cnc2c(C)c(C)c(O)cc2c1. The van der Waals surface area contributed by atoms with Crippen LogP contribution in [-0.4, -0.2) is 10.1 Å². The summed E-state index contributed by atoms with van der Waals surface area (Å²) in [5, 5.41) is 10.7. The molecule has 1 N–H and O–H groups in total. The quantitative estimate of drug-likeness (QED) is 0.680. The number of hydrogen-bond acceptors (Lipinski definition) is 2. The normalized spacial score (nSPS) is 9.94. The molecule has 0 radical (unpaired) electrons. The minimum Gasteiger partial charge on any atom is -0.508 e. The Kier molecular flexibility index (Phi) is 2.54. The van der Waals surface area contributed by atoms with E-state index in [-0.39, 0.29) is 0 Å². The maximum Gasteiger partial charge on any atom is 0.119 e. The molecule has 16 heavy (non-hydrogen) atoms. The third-order valence-electron chi connectivity index (χ3n) is 2.78. The molecular weight excluding hydrogens is 198 g/mol. The van der Waals surface area contributed by atoms with Crippen molar-refractivity contribution in [3.05, 3.63) is 35.0 Å². The Balaban J connectivity index is 2.79. The zero-order valence-electron chi connectivity index (χ0n) is 9.63. The van der Waals surface area contributed by atoms with E-state index in [1.165, 1.54) is 0 Å². The molecule has 2 aromatic rings. The van der Waals surface area contributed by atoms with Gasteiger partial charge in [0, 0.05) is 17.1 Å². The van der Waals surface area contributed by atoms with Crippen LogP contribution < -0.4 is 0 Å². The molecule has 0 saturated carbocycles. The van der Waals surface area contributed by atoms with E-state index in [4.69, 9.17) is 0 Å². The van der Waals surface area contributed by atoms with Crippen LogP contribution >= 0.6 is 0 Å². The topological polar surface area (TPSA) is 33.1 Å². The van der Waals surface area contributed by atoms with Crippen LogP contribution in [0.1, 0.15) is 23.6 Å². The van der Waals surface area contributed by atoms with Crippen molar-refractivity contribution >= 4 is 10.9 Å². The maximum atomic E-state index is 9.76. The van der Waals surface area contributed by atoms with Crippen molar-refractivity contribution in [2.24, 2.45) is 0 Å². The van der Waals surface area contributed by atoms with E-state index in [1.807, 2.05) is 19.9 Å². The standard InChI is InChI=1S/C14H13NO/c1-4-5-11-6-12-7-13(16)9(2)10(3)14(12)15-8-11/h6-8,16H,1-3H3. The molecule has 0 aliphatic heterocycles. The van der Waals surface area contributed by atoms with Gasteiger partial charge in [0.25, 0.3) is 0 Å². The molecule has 0 atom stereocenters. The van der Waals surface area contributed by atoms with E-state index in [2.05, 4.69) is 16.8 Å². The molecule has 0 unspecified atom stereocenters. The number of nitrogens with zero attached hydrogens (tertiary/aromatic N) is 1. The molecule has 0 amide bonds. The maximum absolute atomic E-state index is 9.76. The number of rotatable bonds is 0. The lowest BCUT2D eigenvalue weighted by Crippen LogP contribution is -1.89. The summed E-state index contributed by atoms with van der Waals surface area (Å²) in [7, 11) is 0. The van der Waals surface area contributed by atoms with Crippen molar-refractivity contribution < 1.29 is 5.11 Å². The van der Waals surface area contributed by atoms with Crippen LogP contribution in [0.3, 0.4) is 0 Å². The summed E-state index contributed by atoms with van der Waals surface area (Å²) < 4.78 is 0. The Morgan fingerprint density at radius 2 is 1.94 bits per heavy atom. The molecule has 0 saturated heterocycles. The first-order valence-electron chi connectivity index (χ1n) is 5.15. The second kappa shape index (κ2) is 3.86. The van der Waals surface area contributed by atoms with Gasteiger partial charge >= 0.3 is 0 Å². The number of benzene rings is 1. The monoisotopic (exact) mass is 211 g/mol. The van der Waals surface area contributed by atoms with Gasteiger partial charge in [-0.3, -0.25) is 4.98 Å². The Labute approximate surface area is 95.0 Å². The Morgan fingerprint density at radius 3 is 2.62 bits per heavy atom. The first kappa shape index (κ1) is 10.5. The fourth-order valence-corrected chi connectivity index (χ4v) is 1.74. The minimum atomic E-state index is 0.313. The van der Waals surface area contributed by atoms with Gasteiger partial charge < -0.3 is 5.11 Å². The molecule has 80 valence electrons. The van der Waals surface area contributed by atoms with Crippen molar-refractivity contribution in [3.8, 4) is 17.6 Å². The molecule has 0 bridgehead atoms. The largest absolute Gasteiger partial charge is 0.508 e. The molecule has 0 fully saturated rings. The van der Waals surface area contributed by atoms with Crippen molar-refractivity contribution in [3.63, 3.8) is 0 Å². The lowest BCUT2D eigenvalue weighted by atomic mass is 10.0. The van der Waals surface area contributed by atoms with Crippen LogP contribution in [0.2, 0.25) is 0 Å². The molecule has 2 nitrogen and oxygen atoms in total. The first-order valence-corrected chi connectivity index (χ1v) is 5.15. The van der Waals surface area contributed by atoms with Gasteiger partial charge in [0.1, 0.15) is 5.75 Å². The summed E-state index contributed by atoms with van der Waals surface area (Å²) in [6.45, 7) is 5.66. The van der Waals surface area contributed by atoms with Crippen LogP contribution in [-0.2, 0) is 0 Å². The zero-order valence-corrected chi connectivity index (χ0v) is 9.63. The minimum absolute atomic E-state index is 0.313. The highest BCUT2D eigenvalue weighted by molar-refractivity contribution is 5.85. The highest BCUT2D eigenvalue weighted by Gasteiger charge is 2.07. The molecule has 2 heteroatoms. The van der Waals surface area contributed by atoms with E-state index in [0.29, 0.717) is 5.75 Å². The lowest BCUT2D eigenvalue weighted by molar-refractivity contribution is 0.471. The first-order chi connectivity index (χ1) is 7.63. The summed E-state index contributed by atoms with van der Waals surface area (Å²) in [4.78, 5) is 4.39. The molecule has 0 aliphatic rings. The second-order valence-corrected chi connectivity index (χ2v) is 3.82. The Bertz CT molecular complexity index is 618. The Morgan fingerprint density at radius 1 is 1.19 bits per heavy atom. The van der Waals surface area contributed by atoms with Crippen LogP contribution in [0.25, 0.3) is 10.9 Å². The summed E-state index contributed by atoms with van der Waals surface area (Å²) in [6.07, 6.45) is 1.77. The fourth-order valence-electron chi connectivity index (χ4n) is 1.74. The van der Waals surface area contributed by atoms with Crippen molar-refractivity contribution in [1.82, 2.24) is 4.98 Å². The van der Waals surface area contributed by atoms with Gasteiger partial charge in [0.15, 0.2) is 0 Å². The summed E-state index contributed by atoms with van der Waals surface area (Å²) in [6, 6.07) is 3.69. The van der Waals surface area contributed by atoms with Gasteiger partial charge in [0.05, 0.1) is 5.52 Å². The molecule has 0 spiro atoms. The lowest BCUT2D eigenvalue weighted by Gasteiger charge is -2.07. The van der Waals surface area contributed by atoms with E-state index in [9.17, 15) is 5.11 Å². The van der Waals surface area contributed by atoms with Crippen LogP contribution in [0.4, 0.5) is 0 Å². The second-order valence-electron chi connectivity index (χ2n) is 3.82. The number of aromatic hydroxyl groups is 1. The highest BCUT2D eigenvalue weighted by atomic mass is 16.3. The van der Waals surface area contributed by atoms with Gasteiger partial charge in [-0.25, -0.2) is 0 Å². The number of hydrogen-bond donors (Lipinski definition) is 1. The molecule has 0 aliphatic carbocycles. The number of aryl methyl sites for hydroxylation is 1. The zero-order chi connectivity index (χ0) is 11.7. The third kappa shape index (κ3) is 1.61. The van der Waals surface area contributed by atoms with E-state index < -0.39 is 0 Å². The van der Waals surface area contributed by atoms with Crippen molar-refractivity contribution in [1.29, 1.82) is 0 Å². The van der Waals surface area contributed by atoms with Crippen LogP contribution in [0.15, 0.2) is 18.3 Å². The molecule has 1 heterocycles. The number of pyridine rings is 1. The third-order valence-corrected chi connectivity index (χ3v) is 2.78. The predicted octanol–water partition coefficient (Wildman–Crippen LogP) is 2.93. The average molecular weight is 211 g/mol.